The zero-order valence-electron chi connectivity index (χ0n) is 30.7. The van der Waals surface area contributed by atoms with E-state index in [4.69, 9.17) is 5.41 Å². The Hall–Kier alpha value is -6.97. The molecule has 0 saturated carbocycles. The van der Waals surface area contributed by atoms with Crippen LogP contribution in [0.1, 0.15) is 13.8 Å². The van der Waals surface area contributed by atoms with Crippen LogP contribution in [0.5, 0.6) is 0 Å². The summed E-state index contributed by atoms with van der Waals surface area (Å²) in [4.78, 5) is 8.82. The summed E-state index contributed by atoms with van der Waals surface area (Å²) in [5, 5.41) is 15.9. The molecular weight excluding hydrogens is 655 g/mol. The van der Waals surface area contributed by atoms with Gasteiger partial charge in [-0.3, -0.25) is 9.97 Å². The molecule has 0 spiro atoms. The van der Waals surface area contributed by atoms with Gasteiger partial charge in [0.25, 0.3) is 0 Å². The average Bonchev–Trinajstić information content (AvgIpc) is 3.23. The van der Waals surface area contributed by atoms with Crippen molar-refractivity contribution in [1.82, 2.24) is 9.97 Å². The minimum absolute atomic E-state index is 0.790. The van der Waals surface area contributed by atoms with E-state index in [0.29, 0.717) is 0 Å². The third kappa shape index (κ3) is 7.08. The Bertz CT molecular complexity index is 2780. The molecule has 8 aromatic rings. The molecule has 6 aromatic carbocycles. The van der Waals surface area contributed by atoms with E-state index in [2.05, 4.69) is 133 Å². The number of hydrogen-bond donors (Lipinski definition) is 1. The van der Waals surface area contributed by atoms with Crippen LogP contribution in [0, 0.1) is 5.41 Å². The lowest BCUT2D eigenvalue weighted by Gasteiger charge is -2.16. The molecule has 0 aliphatic carbocycles. The molecule has 0 bridgehead atoms. The zero-order chi connectivity index (χ0) is 37.6. The van der Waals surface area contributed by atoms with Gasteiger partial charge in [0, 0.05) is 35.8 Å². The first kappa shape index (κ1) is 35.4. The molecule has 0 aliphatic rings. The molecule has 260 valence electrons. The molecule has 0 aliphatic heterocycles. The second-order valence-corrected chi connectivity index (χ2v) is 13.2. The summed E-state index contributed by atoms with van der Waals surface area (Å²) < 4.78 is 0. The highest BCUT2D eigenvalue weighted by Gasteiger charge is 2.15. The lowest BCUT2D eigenvalue weighted by Crippen LogP contribution is -1.90. The summed E-state index contributed by atoms with van der Waals surface area (Å²) in [6.45, 7) is 15.6. The van der Waals surface area contributed by atoms with E-state index in [-0.39, 0.29) is 0 Å². The number of fused-ring (bicyclic) bond motifs is 1. The molecule has 54 heavy (non-hydrogen) atoms. The molecule has 2 aromatic heterocycles. The Morgan fingerprint density at radius 2 is 1.28 bits per heavy atom. The van der Waals surface area contributed by atoms with Crippen LogP contribution >= 0.6 is 0 Å². The van der Waals surface area contributed by atoms with Crippen LogP contribution < -0.4 is 0 Å². The monoisotopic (exact) mass is 695 g/mol. The van der Waals surface area contributed by atoms with Gasteiger partial charge < -0.3 is 5.41 Å². The Morgan fingerprint density at radius 1 is 0.648 bits per heavy atom. The van der Waals surface area contributed by atoms with E-state index < -0.39 is 0 Å². The van der Waals surface area contributed by atoms with Crippen molar-refractivity contribution in [3.05, 3.63) is 206 Å². The van der Waals surface area contributed by atoms with Crippen molar-refractivity contribution in [2.24, 2.45) is 0 Å². The van der Waals surface area contributed by atoms with Crippen LogP contribution in [0.3, 0.4) is 0 Å². The standard InChI is InChI=1S/C36H22N2.C15H19N/c1-4-29(22-37-19-1)31-15-10-26-11-16-32-30(14-9-25-12-17-33(31)36(26)35(25)32)24-7-5-23(6-8-24)27-13-18-34-28(21-27)3-2-20-38-34;1-6-12(3)8-9-13(4)14(5)15(7-2)10-11-16/h1-22H;6-11,16H,2,4-5H2,1,3H3/b;9-8-,12-6+,15-10+,16-11?. The third-order valence-corrected chi connectivity index (χ3v) is 9.99. The fraction of sp³-hybridized carbons (Fsp3) is 0.0392. The number of pyridine rings is 2. The number of hydrogen-bond acceptors (Lipinski definition) is 3. The van der Waals surface area contributed by atoms with Gasteiger partial charge in [-0.1, -0.05) is 141 Å². The summed E-state index contributed by atoms with van der Waals surface area (Å²) in [6.07, 6.45) is 16.1. The number of rotatable bonds is 9. The molecule has 3 heteroatoms. The quantitative estimate of drug-likeness (QED) is 0.0928. The van der Waals surface area contributed by atoms with Crippen molar-refractivity contribution in [3.63, 3.8) is 0 Å². The number of nitrogens with zero attached hydrogens (tertiary/aromatic N) is 2. The van der Waals surface area contributed by atoms with E-state index in [0.717, 1.165) is 33.2 Å². The van der Waals surface area contributed by atoms with E-state index in [9.17, 15) is 0 Å². The predicted molar refractivity (Wildman–Crippen MR) is 233 cm³/mol. The van der Waals surface area contributed by atoms with Crippen LogP contribution in [-0.4, -0.2) is 16.2 Å². The van der Waals surface area contributed by atoms with Crippen molar-refractivity contribution < 1.29 is 0 Å². The Balaban J connectivity index is 0.000000241. The first-order chi connectivity index (χ1) is 26.4. The Labute approximate surface area is 317 Å². The first-order valence-corrected chi connectivity index (χ1v) is 18.0. The van der Waals surface area contributed by atoms with Crippen molar-refractivity contribution in [2.75, 3.05) is 0 Å². The van der Waals surface area contributed by atoms with Gasteiger partial charge in [-0.2, -0.15) is 0 Å². The maximum atomic E-state index is 7.02. The molecule has 0 saturated heterocycles. The first-order valence-electron chi connectivity index (χ1n) is 18.0. The molecule has 8 rings (SSSR count). The molecule has 0 fully saturated rings. The molecule has 1 N–H and O–H groups in total. The number of nitrogens with one attached hydrogen (secondary N) is 1. The molecule has 0 unspecified atom stereocenters. The summed E-state index contributed by atoms with van der Waals surface area (Å²) in [7, 11) is 0. The molecule has 0 radical (unpaired) electrons. The lowest BCUT2D eigenvalue weighted by molar-refractivity contribution is 1.33. The van der Waals surface area contributed by atoms with Crippen LogP contribution in [0.15, 0.2) is 206 Å². The Morgan fingerprint density at radius 3 is 1.91 bits per heavy atom. The number of aromatic nitrogens is 2. The molecular formula is C51H41N3. The highest BCUT2D eigenvalue weighted by atomic mass is 14.6. The summed E-state index contributed by atoms with van der Waals surface area (Å²) in [5.41, 5.74) is 11.9. The van der Waals surface area contributed by atoms with Gasteiger partial charge in [-0.25, -0.2) is 0 Å². The Kier molecular flexibility index (Phi) is 10.3. The topological polar surface area (TPSA) is 49.6 Å². The third-order valence-electron chi connectivity index (χ3n) is 9.99. The van der Waals surface area contributed by atoms with Crippen molar-refractivity contribution in [2.45, 2.75) is 13.8 Å². The second kappa shape index (κ2) is 15.7. The van der Waals surface area contributed by atoms with Gasteiger partial charge in [0.2, 0.25) is 0 Å². The largest absolute Gasteiger partial charge is 0.309 e. The van der Waals surface area contributed by atoms with Gasteiger partial charge in [0.05, 0.1) is 5.52 Å². The highest BCUT2D eigenvalue weighted by Crippen LogP contribution is 2.42. The van der Waals surface area contributed by atoms with E-state index in [1.165, 1.54) is 71.9 Å². The van der Waals surface area contributed by atoms with Gasteiger partial charge >= 0.3 is 0 Å². The smallest absolute Gasteiger partial charge is 0.0702 e. The normalized spacial score (nSPS) is 12.0. The van der Waals surface area contributed by atoms with Gasteiger partial charge in [-0.15, -0.1) is 0 Å². The predicted octanol–water partition coefficient (Wildman–Crippen LogP) is 13.9. The minimum atomic E-state index is 0.790. The SMILES string of the molecule is C=C/C(=C\C=N)C(=C)C(=C)/C=C\C(C)=C\C.c1cncc(-c2ccc3ccc4c(-c5ccc(-c6ccc7ncccc7c6)cc5)ccc5ccc2c3c54)c1. The second-order valence-electron chi connectivity index (χ2n) is 13.2. The fourth-order valence-corrected chi connectivity index (χ4v) is 6.92. The molecule has 0 atom stereocenters. The maximum absolute atomic E-state index is 7.02. The maximum Gasteiger partial charge on any atom is 0.0702 e. The highest BCUT2D eigenvalue weighted by molar-refractivity contribution is 6.27. The van der Waals surface area contributed by atoms with Crippen LogP contribution in [0.2, 0.25) is 0 Å². The van der Waals surface area contributed by atoms with Gasteiger partial charge in [-0.05, 0) is 121 Å². The zero-order valence-corrected chi connectivity index (χ0v) is 30.7. The average molecular weight is 696 g/mol. The van der Waals surface area contributed by atoms with Crippen LogP contribution in [0.25, 0.3) is 76.6 Å². The van der Waals surface area contributed by atoms with E-state index in [1.807, 2.05) is 62.8 Å². The molecule has 0 amide bonds. The van der Waals surface area contributed by atoms with Crippen LogP contribution in [0.4, 0.5) is 0 Å². The number of allylic oxidation sites excluding steroid dienone is 9. The lowest BCUT2D eigenvalue weighted by atomic mass is 9.87. The van der Waals surface area contributed by atoms with Crippen molar-refractivity contribution in [3.8, 4) is 33.4 Å². The summed E-state index contributed by atoms with van der Waals surface area (Å²) in [6, 6.07) is 41.7. The van der Waals surface area contributed by atoms with Crippen LogP contribution in [-0.2, 0) is 0 Å². The fourth-order valence-electron chi connectivity index (χ4n) is 6.92. The summed E-state index contributed by atoms with van der Waals surface area (Å²) >= 11 is 0. The van der Waals surface area contributed by atoms with Gasteiger partial charge in [0.15, 0.2) is 0 Å². The van der Waals surface area contributed by atoms with Gasteiger partial charge in [0.1, 0.15) is 0 Å². The van der Waals surface area contributed by atoms with Crippen molar-refractivity contribution in [1.29, 1.82) is 5.41 Å². The van der Waals surface area contributed by atoms with E-state index in [1.54, 1.807) is 12.2 Å². The molecule has 3 nitrogen and oxygen atoms in total. The minimum Gasteiger partial charge on any atom is -0.309 e. The molecule has 2 heterocycles. The van der Waals surface area contributed by atoms with Crippen molar-refractivity contribution >= 4 is 49.4 Å². The summed E-state index contributed by atoms with van der Waals surface area (Å²) in [5.74, 6) is 0. The van der Waals surface area contributed by atoms with E-state index >= 15 is 0 Å². The number of benzene rings is 6.